The highest BCUT2D eigenvalue weighted by molar-refractivity contribution is 6.34. The van der Waals surface area contributed by atoms with Gasteiger partial charge >= 0.3 is 0 Å². The Kier molecular flexibility index (Phi) is 4.20. The Bertz CT molecular complexity index is 713. The van der Waals surface area contributed by atoms with Crippen LogP contribution in [0.3, 0.4) is 0 Å². The van der Waals surface area contributed by atoms with Crippen molar-refractivity contribution >= 4 is 34.2 Å². The predicted molar refractivity (Wildman–Crippen MR) is 88.2 cm³/mol. The standard InChI is InChI=1S/C17H15Cl2NO/c1-2-20-17(12-7-13(18)10-14(19)8-12)16-9-11-5-3-4-6-15(11)21-16/h3-10,17,20H,2H2,1H3. The molecule has 2 nitrogen and oxygen atoms in total. The van der Waals surface area contributed by atoms with Gasteiger partial charge in [-0.1, -0.05) is 48.3 Å². The molecule has 0 aliphatic heterocycles. The Morgan fingerprint density at radius 1 is 1.05 bits per heavy atom. The first-order chi connectivity index (χ1) is 10.2. The van der Waals surface area contributed by atoms with Crippen LogP contribution < -0.4 is 5.32 Å². The van der Waals surface area contributed by atoms with Crippen LogP contribution in [-0.2, 0) is 0 Å². The molecule has 0 aliphatic carbocycles. The SMILES string of the molecule is CCNC(c1cc(Cl)cc(Cl)c1)c1cc2ccccc2o1. The van der Waals surface area contributed by atoms with Crippen LogP contribution in [0.1, 0.15) is 24.3 Å². The summed E-state index contributed by atoms with van der Waals surface area (Å²) in [7, 11) is 0. The monoisotopic (exact) mass is 319 g/mol. The molecule has 1 N–H and O–H groups in total. The zero-order valence-corrected chi connectivity index (χ0v) is 13.1. The molecule has 3 rings (SSSR count). The van der Waals surface area contributed by atoms with Crippen LogP contribution in [0.25, 0.3) is 11.0 Å². The van der Waals surface area contributed by atoms with E-state index in [4.69, 9.17) is 27.6 Å². The highest BCUT2D eigenvalue weighted by Crippen LogP contribution is 2.31. The maximum Gasteiger partial charge on any atom is 0.134 e. The van der Waals surface area contributed by atoms with Gasteiger partial charge in [0.1, 0.15) is 11.3 Å². The first-order valence-corrected chi connectivity index (χ1v) is 7.61. The second kappa shape index (κ2) is 6.10. The quantitative estimate of drug-likeness (QED) is 0.692. The number of fused-ring (bicyclic) bond motifs is 1. The van der Waals surface area contributed by atoms with Crippen LogP contribution in [0.4, 0.5) is 0 Å². The zero-order chi connectivity index (χ0) is 14.8. The van der Waals surface area contributed by atoms with Crippen LogP contribution in [-0.4, -0.2) is 6.54 Å². The van der Waals surface area contributed by atoms with Crippen LogP contribution >= 0.6 is 23.2 Å². The number of hydrogen-bond acceptors (Lipinski definition) is 2. The second-order valence-corrected chi connectivity index (χ2v) is 5.75. The first kappa shape index (κ1) is 14.5. The van der Waals surface area contributed by atoms with Gasteiger partial charge in [0.2, 0.25) is 0 Å². The van der Waals surface area contributed by atoms with Gasteiger partial charge in [-0.2, -0.15) is 0 Å². The second-order valence-electron chi connectivity index (χ2n) is 4.88. The van der Waals surface area contributed by atoms with Gasteiger partial charge in [0.15, 0.2) is 0 Å². The minimum absolute atomic E-state index is 0.0707. The number of nitrogens with one attached hydrogen (secondary N) is 1. The van der Waals surface area contributed by atoms with E-state index in [1.165, 1.54) is 0 Å². The lowest BCUT2D eigenvalue weighted by atomic mass is 10.0. The predicted octanol–water partition coefficient (Wildman–Crippen LogP) is 5.44. The van der Waals surface area contributed by atoms with Crippen LogP contribution in [0.5, 0.6) is 0 Å². The van der Waals surface area contributed by atoms with Crippen molar-refractivity contribution in [2.24, 2.45) is 0 Å². The summed E-state index contributed by atoms with van der Waals surface area (Å²) in [4.78, 5) is 0. The summed E-state index contributed by atoms with van der Waals surface area (Å²) in [6.07, 6.45) is 0. The normalized spacial score (nSPS) is 12.7. The van der Waals surface area contributed by atoms with Crippen molar-refractivity contribution in [1.29, 1.82) is 0 Å². The van der Waals surface area contributed by atoms with Crippen molar-refractivity contribution in [2.75, 3.05) is 6.54 Å². The summed E-state index contributed by atoms with van der Waals surface area (Å²) in [6.45, 7) is 2.87. The Hall–Kier alpha value is -1.48. The molecule has 1 unspecified atom stereocenters. The molecule has 0 saturated heterocycles. The Labute approximate surface area is 133 Å². The molecule has 4 heteroatoms. The number of benzene rings is 2. The zero-order valence-electron chi connectivity index (χ0n) is 11.6. The molecular weight excluding hydrogens is 305 g/mol. The van der Waals surface area contributed by atoms with Crippen LogP contribution in [0, 0.1) is 0 Å². The van der Waals surface area contributed by atoms with E-state index in [1.54, 1.807) is 6.07 Å². The van der Waals surface area contributed by atoms with Gasteiger partial charge in [-0.3, -0.25) is 0 Å². The van der Waals surface area contributed by atoms with Crippen molar-refractivity contribution in [2.45, 2.75) is 13.0 Å². The summed E-state index contributed by atoms with van der Waals surface area (Å²) < 4.78 is 5.97. The van der Waals surface area contributed by atoms with E-state index in [1.807, 2.05) is 36.4 Å². The molecule has 1 atom stereocenters. The van der Waals surface area contributed by atoms with Gasteiger partial charge in [-0.05, 0) is 42.4 Å². The van der Waals surface area contributed by atoms with Gasteiger partial charge in [0.25, 0.3) is 0 Å². The fourth-order valence-electron chi connectivity index (χ4n) is 2.47. The molecule has 2 aromatic carbocycles. The molecule has 3 aromatic rings. The minimum Gasteiger partial charge on any atom is -0.459 e. The van der Waals surface area contributed by atoms with E-state index in [2.05, 4.69) is 18.3 Å². The molecule has 1 heterocycles. The topological polar surface area (TPSA) is 25.2 Å². The summed E-state index contributed by atoms with van der Waals surface area (Å²) in [5, 5.41) is 5.75. The molecule has 108 valence electrons. The van der Waals surface area contributed by atoms with E-state index >= 15 is 0 Å². The third-order valence-electron chi connectivity index (χ3n) is 3.36. The van der Waals surface area contributed by atoms with E-state index in [-0.39, 0.29) is 6.04 Å². The molecule has 0 spiro atoms. The van der Waals surface area contributed by atoms with Crippen molar-refractivity contribution < 1.29 is 4.42 Å². The molecule has 0 radical (unpaired) electrons. The van der Waals surface area contributed by atoms with Gasteiger partial charge in [0, 0.05) is 15.4 Å². The number of rotatable bonds is 4. The van der Waals surface area contributed by atoms with Gasteiger partial charge in [-0.25, -0.2) is 0 Å². The highest BCUT2D eigenvalue weighted by atomic mass is 35.5. The fraction of sp³-hybridized carbons (Fsp3) is 0.176. The molecule has 0 amide bonds. The lowest BCUT2D eigenvalue weighted by molar-refractivity contribution is 0.477. The van der Waals surface area contributed by atoms with Gasteiger partial charge in [0.05, 0.1) is 6.04 Å². The van der Waals surface area contributed by atoms with Crippen molar-refractivity contribution in [3.05, 3.63) is 69.9 Å². The van der Waals surface area contributed by atoms with Crippen molar-refractivity contribution in [3.8, 4) is 0 Å². The van der Waals surface area contributed by atoms with Crippen molar-refractivity contribution in [1.82, 2.24) is 5.32 Å². The Morgan fingerprint density at radius 2 is 1.76 bits per heavy atom. The Balaban J connectivity index is 2.08. The summed E-state index contributed by atoms with van der Waals surface area (Å²) in [5.74, 6) is 0.858. The number of hydrogen-bond donors (Lipinski definition) is 1. The van der Waals surface area contributed by atoms with Crippen LogP contribution in [0.15, 0.2) is 52.9 Å². The fourth-order valence-corrected chi connectivity index (χ4v) is 3.02. The Morgan fingerprint density at radius 3 is 2.43 bits per heavy atom. The molecule has 21 heavy (non-hydrogen) atoms. The third-order valence-corrected chi connectivity index (χ3v) is 3.79. The number of furan rings is 1. The molecule has 0 aliphatic rings. The maximum absolute atomic E-state index is 6.12. The molecule has 0 saturated carbocycles. The van der Waals surface area contributed by atoms with Crippen molar-refractivity contribution in [3.63, 3.8) is 0 Å². The average molecular weight is 320 g/mol. The molecule has 0 bridgehead atoms. The molecule has 0 fully saturated rings. The van der Waals surface area contributed by atoms with E-state index in [0.717, 1.165) is 28.8 Å². The summed E-state index contributed by atoms with van der Waals surface area (Å²) >= 11 is 12.2. The smallest absolute Gasteiger partial charge is 0.134 e. The number of halogens is 2. The van der Waals surface area contributed by atoms with E-state index in [0.29, 0.717) is 10.0 Å². The van der Waals surface area contributed by atoms with Gasteiger partial charge in [-0.15, -0.1) is 0 Å². The molecular formula is C17H15Cl2NO. The largest absolute Gasteiger partial charge is 0.459 e. The van der Waals surface area contributed by atoms with Crippen LogP contribution in [0.2, 0.25) is 10.0 Å². The summed E-state index contributed by atoms with van der Waals surface area (Å²) in [5.41, 5.74) is 1.87. The van der Waals surface area contributed by atoms with Gasteiger partial charge < -0.3 is 9.73 Å². The highest BCUT2D eigenvalue weighted by Gasteiger charge is 2.18. The average Bonchev–Trinajstić information content (AvgIpc) is 2.87. The number of para-hydroxylation sites is 1. The van der Waals surface area contributed by atoms with E-state index < -0.39 is 0 Å². The minimum atomic E-state index is -0.0707. The molecule has 1 aromatic heterocycles. The lowest BCUT2D eigenvalue weighted by Crippen LogP contribution is -2.21. The van der Waals surface area contributed by atoms with E-state index in [9.17, 15) is 0 Å². The lowest BCUT2D eigenvalue weighted by Gasteiger charge is -2.16. The summed E-state index contributed by atoms with van der Waals surface area (Å²) in [6, 6.07) is 15.5. The maximum atomic E-state index is 6.12. The third kappa shape index (κ3) is 3.08. The first-order valence-electron chi connectivity index (χ1n) is 6.85.